The lowest BCUT2D eigenvalue weighted by atomic mass is 9.94. The molecule has 1 aliphatic heterocycles. The second-order valence-corrected chi connectivity index (χ2v) is 6.05. The van der Waals surface area contributed by atoms with Crippen LogP contribution >= 0.6 is 0 Å². The van der Waals surface area contributed by atoms with Crippen molar-refractivity contribution in [3.63, 3.8) is 0 Å². The van der Waals surface area contributed by atoms with E-state index in [-0.39, 0.29) is 0 Å². The highest BCUT2D eigenvalue weighted by molar-refractivity contribution is 5.28. The minimum absolute atomic E-state index is 0.680. The van der Waals surface area contributed by atoms with Crippen LogP contribution in [-0.2, 0) is 6.42 Å². The molecule has 0 saturated carbocycles. The maximum atomic E-state index is 5.68. The van der Waals surface area contributed by atoms with Gasteiger partial charge < -0.3 is 20.1 Å². The summed E-state index contributed by atoms with van der Waals surface area (Å²) in [5.74, 6) is 2.20. The zero-order chi connectivity index (χ0) is 15.1. The highest BCUT2D eigenvalue weighted by Gasteiger charge is 2.19. The Morgan fingerprint density at radius 2 is 1.95 bits per heavy atom. The summed E-state index contributed by atoms with van der Waals surface area (Å²) in [6, 6.07) is 0. The van der Waals surface area contributed by atoms with Gasteiger partial charge in [0.2, 0.25) is 5.89 Å². The van der Waals surface area contributed by atoms with Gasteiger partial charge in [-0.15, -0.1) is 0 Å². The first-order valence-corrected chi connectivity index (χ1v) is 8.19. The third kappa shape index (κ3) is 4.97. The van der Waals surface area contributed by atoms with E-state index >= 15 is 0 Å². The van der Waals surface area contributed by atoms with Gasteiger partial charge in [-0.25, -0.2) is 0 Å². The van der Waals surface area contributed by atoms with Crippen molar-refractivity contribution in [2.45, 2.75) is 39.0 Å². The molecule has 2 heterocycles. The van der Waals surface area contributed by atoms with E-state index in [1.54, 1.807) is 0 Å². The molecular weight excluding hydrogens is 266 g/mol. The number of aryl methyl sites for hydroxylation is 1. The molecule has 0 aliphatic carbocycles. The number of nitrogens with two attached hydrogens (primary N) is 1. The van der Waals surface area contributed by atoms with Crippen molar-refractivity contribution >= 4 is 5.95 Å². The van der Waals surface area contributed by atoms with Gasteiger partial charge in [0, 0.05) is 32.6 Å². The molecule has 1 saturated heterocycles. The molecule has 6 heteroatoms. The van der Waals surface area contributed by atoms with Crippen LogP contribution in [-0.4, -0.2) is 54.8 Å². The summed E-state index contributed by atoms with van der Waals surface area (Å²) in [4.78, 5) is 9.07. The van der Waals surface area contributed by atoms with E-state index in [1.807, 2.05) is 0 Å². The Hall–Kier alpha value is -1.14. The fraction of sp³-hybridized carbons (Fsp3) is 0.867. The van der Waals surface area contributed by atoms with Crippen molar-refractivity contribution in [3.05, 3.63) is 5.89 Å². The van der Waals surface area contributed by atoms with Crippen molar-refractivity contribution in [2.75, 3.05) is 44.7 Å². The van der Waals surface area contributed by atoms with Gasteiger partial charge in [0.25, 0.3) is 5.95 Å². The Kier molecular flexibility index (Phi) is 6.45. The van der Waals surface area contributed by atoms with Crippen LogP contribution in [0.25, 0.3) is 0 Å². The Balaban J connectivity index is 1.82. The van der Waals surface area contributed by atoms with Crippen molar-refractivity contribution in [3.8, 4) is 0 Å². The average molecular weight is 295 g/mol. The molecule has 120 valence electrons. The molecule has 0 radical (unpaired) electrons. The molecule has 21 heavy (non-hydrogen) atoms. The summed E-state index contributed by atoms with van der Waals surface area (Å²) in [5, 5.41) is 4.13. The summed E-state index contributed by atoms with van der Waals surface area (Å²) in [7, 11) is 2.14. The van der Waals surface area contributed by atoms with Crippen LogP contribution in [0, 0.1) is 5.92 Å². The largest absolute Gasteiger partial charge is 0.337 e. The molecule has 0 spiro atoms. The van der Waals surface area contributed by atoms with Crippen LogP contribution in [0.2, 0.25) is 0 Å². The standard InChI is InChI=1S/C15H29N5O/c1-3-4-13(7-8-16)5-6-14-17-15(18-21-14)20-11-9-19(2)10-12-20/h13H,3-12,16H2,1-2H3. The predicted octanol–water partition coefficient (Wildman–Crippen LogP) is 1.52. The lowest BCUT2D eigenvalue weighted by Crippen LogP contribution is -2.44. The predicted molar refractivity (Wildman–Crippen MR) is 84.4 cm³/mol. The van der Waals surface area contributed by atoms with E-state index in [4.69, 9.17) is 10.3 Å². The highest BCUT2D eigenvalue weighted by atomic mass is 16.5. The molecule has 2 rings (SSSR count). The van der Waals surface area contributed by atoms with Gasteiger partial charge >= 0.3 is 0 Å². The fourth-order valence-electron chi connectivity index (χ4n) is 2.89. The molecule has 1 aromatic heterocycles. The molecule has 6 nitrogen and oxygen atoms in total. The van der Waals surface area contributed by atoms with Crippen LogP contribution in [0.1, 0.15) is 38.5 Å². The number of nitrogens with zero attached hydrogens (tertiary/aromatic N) is 4. The van der Waals surface area contributed by atoms with Crippen molar-refractivity contribution in [1.29, 1.82) is 0 Å². The first kappa shape index (κ1) is 16.2. The molecule has 0 bridgehead atoms. The van der Waals surface area contributed by atoms with E-state index in [0.29, 0.717) is 5.92 Å². The number of likely N-dealkylation sites (N-methyl/N-ethyl adjacent to an activating group) is 1. The van der Waals surface area contributed by atoms with Gasteiger partial charge in [0.05, 0.1) is 0 Å². The first-order valence-electron chi connectivity index (χ1n) is 8.19. The van der Waals surface area contributed by atoms with Gasteiger partial charge in [0.1, 0.15) is 0 Å². The van der Waals surface area contributed by atoms with Gasteiger partial charge in [0.15, 0.2) is 0 Å². The molecule has 1 unspecified atom stereocenters. The minimum Gasteiger partial charge on any atom is -0.337 e. The van der Waals surface area contributed by atoms with E-state index < -0.39 is 0 Å². The normalized spacial score (nSPS) is 18.1. The average Bonchev–Trinajstić information content (AvgIpc) is 2.95. The molecule has 1 fully saturated rings. The summed E-state index contributed by atoms with van der Waals surface area (Å²) < 4.78 is 5.40. The van der Waals surface area contributed by atoms with Crippen molar-refractivity contribution in [2.24, 2.45) is 11.7 Å². The monoisotopic (exact) mass is 295 g/mol. The van der Waals surface area contributed by atoms with Gasteiger partial charge in [-0.1, -0.05) is 19.8 Å². The minimum atomic E-state index is 0.680. The van der Waals surface area contributed by atoms with Gasteiger partial charge in [-0.05, 0) is 37.5 Å². The summed E-state index contributed by atoms with van der Waals surface area (Å²) >= 11 is 0. The number of aromatic nitrogens is 2. The molecule has 0 amide bonds. The van der Waals surface area contributed by atoms with E-state index in [9.17, 15) is 0 Å². The first-order chi connectivity index (χ1) is 10.2. The third-order valence-electron chi connectivity index (χ3n) is 4.28. The summed E-state index contributed by atoms with van der Waals surface area (Å²) in [6.07, 6.45) is 5.49. The van der Waals surface area contributed by atoms with Crippen LogP contribution in [0.4, 0.5) is 5.95 Å². The molecule has 1 atom stereocenters. The molecule has 2 N–H and O–H groups in total. The van der Waals surface area contributed by atoms with Crippen LogP contribution in [0.3, 0.4) is 0 Å². The topological polar surface area (TPSA) is 71.4 Å². The smallest absolute Gasteiger partial charge is 0.266 e. The molecule has 1 aromatic rings. The second kappa shape index (κ2) is 8.34. The Labute approximate surface area is 127 Å². The molecular formula is C15H29N5O. The quantitative estimate of drug-likeness (QED) is 0.784. The van der Waals surface area contributed by atoms with E-state index in [2.05, 4.69) is 33.9 Å². The van der Waals surface area contributed by atoms with Crippen LogP contribution < -0.4 is 10.6 Å². The summed E-state index contributed by atoms with van der Waals surface area (Å²) in [5.41, 5.74) is 5.68. The number of hydrogen-bond acceptors (Lipinski definition) is 6. The Morgan fingerprint density at radius 3 is 2.62 bits per heavy atom. The van der Waals surface area contributed by atoms with Gasteiger partial charge in [-0.2, -0.15) is 4.98 Å². The van der Waals surface area contributed by atoms with Crippen LogP contribution in [0.5, 0.6) is 0 Å². The highest BCUT2D eigenvalue weighted by Crippen LogP contribution is 2.19. The van der Waals surface area contributed by atoms with Crippen molar-refractivity contribution in [1.82, 2.24) is 15.0 Å². The Morgan fingerprint density at radius 1 is 1.19 bits per heavy atom. The van der Waals surface area contributed by atoms with Crippen LogP contribution in [0.15, 0.2) is 4.52 Å². The van der Waals surface area contributed by atoms with Crippen molar-refractivity contribution < 1.29 is 4.52 Å². The second-order valence-electron chi connectivity index (χ2n) is 6.05. The third-order valence-corrected chi connectivity index (χ3v) is 4.28. The number of anilines is 1. The summed E-state index contributed by atoms with van der Waals surface area (Å²) in [6.45, 7) is 7.04. The maximum Gasteiger partial charge on any atom is 0.266 e. The molecule has 0 aromatic carbocycles. The number of rotatable bonds is 8. The lowest BCUT2D eigenvalue weighted by molar-refractivity contribution is 0.308. The zero-order valence-corrected chi connectivity index (χ0v) is 13.4. The lowest BCUT2D eigenvalue weighted by Gasteiger charge is -2.31. The fourth-order valence-corrected chi connectivity index (χ4v) is 2.89. The zero-order valence-electron chi connectivity index (χ0n) is 13.4. The maximum absolute atomic E-state index is 5.68. The van der Waals surface area contributed by atoms with E-state index in [1.165, 1.54) is 12.8 Å². The van der Waals surface area contributed by atoms with E-state index in [0.717, 1.165) is 63.8 Å². The SMILES string of the molecule is CCCC(CCN)CCc1nc(N2CCN(C)CC2)no1. The molecule has 1 aliphatic rings. The Bertz CT molecular complexity index is 395. The van der Waals surface area contributed by atoms with Gasteiger partial charge in [-0.3, -0.25) is 0 Å². The number of piperazine rings is 1. The number of hydrogen-bond donors (Lipinski definition) is 1.